The van der Waals surface area contributed by atoms with E-state index in [9.17, 15) is 4.79 Å². The molecule has 5 nitrogen and oxygen atoms in total. The van der Waals surface area contributed by atoms with E-state index in [0.29, 0.717) is 16.5 Å². The van der Waals surface area contributed by atoms with Crippen LogP contribution in [0.1, 0.15) is 50.9 Å². The molecule has 0 bridgehead atoms. The summed E-state index contributed by atoms with van der Waals surface area (Å²) in [5.41, 5.74) is 6.13. The SMILES string of the molecule is CN(C)c1cc(C(=O)N2C(C)(C)CC(N)CC2(C)C)cc(Cl)n1. The van der Waals surface area contributed by atoms with E-state index in [0.717, 1.165) is 12.8 Å². The summed E-state index contributed by atoms with van der Waals surface area (Å²) in [5, 5.41) is 0.323. The van der Waals surface area contributed by atoms with Crippen molar-refractivity contribution < 1.29 is 4.79 Å². The minimum absolute atomic E-state index is 0.0284. The highest BCUT2D eigenvalue weighted by Gasteiger charge is 2.47. The van der Waals surface area contributed by atoms with Gasteiger partial charge in [0.2, 0.25) is 0 Å². The number of halogens is 1. The van der Waals surface area contributed by atoms with Gasteiger partial charge in [-0.3, -0.25) is 4.79 Å². The number of hydrogen-bond donors (Lipinski definition) is 1. The molecule has 0 aromatic carbocycles. The molecular weight excluding hydrogens is 312 g/mol. The van der Waals surface area contributed by atoms with Gasteiger partial charge >= 0.3 is 0 Å². The highest BCUT2D eigenvalue weighted by molar-refractivity contribution is 6.29. The van der Waals surface area contributed by atoms with Gasteiger partial charge in [-0.15, -0.1) is 0 Å². The first-order chi connectivity index (χ1) is 10.4. The third-order valence-electron chi connectivity index (χ3n) is 4.42. The molecule has 1 amide bonds. The number of carbonyl (C=O) groups is 1. The summed E-state index contributed by atoms with van der Waals surface area (Å²) in [6, 6.07) is 3.52. The van der Waals surface area contributed by atoms with Crippen molar-refractivity contribution >= 4 is 23.3 Å². The highest BCUT2D eigenvalue weighted by Crippen LogP contribution is 2.39. The molecule has 0 spiro atoms. The van der Waals surface area contributed by atoms with Gasteiger partial charge in [0.1, 0.15) is 11.0 Å². The highest BCUT2D eigenvalue weighted by atomic mass is 35.5. The summed E-state index contributed by atoms with van der Waals surface area (Å²) in [4.78, 5) is 21.3. The van der Waals surface area contributed by atoms with Crippen molar-refractivity contribution in [2.24, 2.45) is 5.73 Å². The molecule has 1 aliphatic rings. The molecule has 1 aromatic rings. The zero-order valence-corrected chi connectivity index (χ0v) is 15.6. The standard InChI is InChI=1S/C17H27ClN4O/c1-16(2)9-12(19)10-17(3,4)22(16)15(23)11-7-13(18)20-14(8-11)21(5)6/h7-8,12H,9-10,19H2,1-6H3. The molecule has 1 aliphatic heterocycles. The van der Waals surface area contributed by atoms with Crippen LogP contribution in [0.4, 0.5) is 5.82 Å². The van der Waals surface area contributed by atoms with Crippen LogP contribution in [0.2, 0.25) is 5.15 Å². The van der Waals surface area contributed by atoms with Crippen molar-refractivity contribution in [3.63, 3.8) is 0 Å². The molecule has 2 rings (SSSR count). The van der Waals surface area contributed by atoms with Crippen LogP contribution in [0, 0.1) is 0 Å². The zero-order chi connectivity index (χ0) is 17.6. The summed E-state index contributed by atoms with van der Waals surface area (Å²) < 4.78 is 0. The lowest BCUT2D eigenvalue weighted by Crippen LogP contribution is -2.65. The van der Waals surface area contributed by atoms with E-state index < -0.39 is 0 Å². The van der Waals surface area contributed by atoms with Crippen LogP contribution >= 0.6 is 11.6 Å². The Labute approximate surface area is 143 Å². The van der Waals surface area contributed by atoms with Gasteiger partial charge in [-0.2, -0.15) is 0 Å². The maximum atomic E-state index is 13.2. The van der Waals surface area contributed by atoms with Crippen LogP contribution < -0.4 is 10.6 Å². The molecule has 6 heteroatoms. The van der Waals surface area contributed by atoms with Gasteiger partial charge in [-0.1, -0.05) is 11.6 Å². The fourth-order valence-corrected chi connectivity index (χ4v) is 4.08. The van der Waals surface area contributed by atoms with Gasteiger partial charge in [0.15, 0.2) is 0 Å². The quantitative estimate of drug-likeness (QED) is 0.842. The van der Waals surface area contributed by atoms with Crippen LogP contribution in [-0.2, 0) is 0 Å². The number of nitrogens with two attached hydrogens (primary N) is 1. The fraction of sp³-hybridized carbons (Fsp3) is 0.647. The second-order valence-electron chi connectivity index (χ2n) is 7.86. The van der Waals surface area contributed by atoms with E-state index in [-0.39, 0.29) is 23.0 Å². The number of nitrogens with zero attached hydrogens (tertiary/aromatic N) is 3. The molecule has 128 valence electrons. The molecule has 0 radical (unpaired) electrons. The molecule has 0 saturated carbocycles. The average Bonchev–Trinajstić information content (AvgIpc) is 2.33. The van der Waals surface area contributed by atoms with Crippen molar-refractivity contribution in [1.29, 1.82) is 0 Å². The summed E-state index contributed by atoms with van der Waals surface area (Å²) >= 11 is 6.11. The number of amides is 1. The largest absolute Gasteiger partial charge is 0.363 e. The van der Waals surface area contributed by atoms with Crippen molar-refractivity contribution in [3.05, 3.63) is 22.8 Å². The maximum Gasteiger partial charge on any atom is 0.254 e. The van der Waals surface area contributed by atoms with Gasteiger partial charge in [0, 0.05) is 36.8 Å². The lowest BCUT2D eigenvalue weighted by Gasteiger charge is -2.54. The molecule has 2 N–H and O–H groups in total. The van der Waals surface area contributed by atoms with E-state index in [4.69, 9.17) is 17.3 Å². The molecule has 0 atom stereocenters. The van der Waals surface area contributed by atoms with E-state index in [1.807, 2.05) is 23.9 Å². The van der Waals surface area contributed by atoms with Gasteiger partial charge < -0.3 is 15.5 Å². The molecule has 23 heavy (non-hydrogen) atoms. The molecule has 1 saturated heterocycles. The van der Waals surface area contributed by atoms with Gasteiger partial charge in [0.25, 0.3) is 5.91 Å². The fourth-order valence-electron chi connectivity index (χ4n) is 3.87. The predicted octanol–water partition coefficient (Wildman–Crippen LogP) is 2.92. The molecule has 2 heterocycles. The number of rotatable bonds is 2. The molecule has 0 aliphatic carbocycles. The summed E-state index contributed by atoms with van der Waals surface area (Å²) in [6.45, 7) is 8.28. The van der Waals surface area contributed by atoms with Crippen molar-refractivity contribution in [3.8, 4) is 0 Å². The average molecular weight is 339 g/mol. The number of anilines is 1. The number of hydrogen-bond acceptors (Lipinski definition) is 4. The second-order valence-corrected chi connectivity index (χ2v) is 8.25. The summed E-state index contributed by atoms with van der Waals surface area (Å²) in [7, 11) is 3.75. The van der Waals surface area contributed by atoms with Crippen LogP contribution in [0.15, 0.2) is 12.1 Å². The Morgan fingerprint density at radius 1 is 1.26 bits per heavy atom. The Kier molecular flexibility index (Phi) is 4.66. The van der Waals surface area contributed by atoms with Gasteiger partial charge in [-0.25, -0.2) is 4.98 Å². The second kappa shape index (κ2) is 5.95. The molecular formula is C17H27ClN4O. The number of likely N-dealkylation sites (tertiary alicyclic amines) is 1. The predicted molar refractivity (Wildman–Crippen MR) is 95.1 cm³/mol. The Balaban J connectivity index is 2.46. The third kappa shape index (κ3) is 3.61. The zero-order valence-electron chi connectivity index (χ0n) is 14.9. The maximum absolute atomic E-state index is 13.2. The van der Waals surface area contributed by atoms with Gasteiger partial charge in [-0.05, 0) is 52.7 Å². The van der Waals surface area contributed by atoms with E-state index in [1.54, 1.807) is 12.1 Å². The molecule has 1 fully saturated rings. The van der Waals surface area contributed by atoms with E-state index in [1.165, 1.54) is 0 Å². The van der Waals surface area contributed by atoms with Gasteiger partial charge in [0.05, 0.1) is 0 Å². The first-order valence-corrected chi connectivity index (χ1v) is 8.27. The minimum Gasteiger partial charge on any atom is -0.363 e. The normalized spacial score (nSPS) is 20.4. The smallest absolute Gasteiger partial charge is 0.254 e. The third-order valence-corrected chi connectivity index (χ3v) is 4.62. The van der Waals surface area contributed by atoms with Crippen LogP contribution in [-0.4, -0.2) is 47.0 Å². The number of carbonyl (C=O) groups excluding carboxylic acids is 1. The van der Waals surface area contributed by atoms with E-state index >= 15 is 0 Å². The monoisotopic (exact) mass is 338 g/mol. The van der Waals surface area contributed by atoms with E-state index in [2.05, 4.69) is 32.7 Å². The molecule has 0 unspecified atom stereocenters. The Bertz CT molecular complexity index is 595. The van der Waals surface area contributed by atoms with Crippen molar-refractivity contribution in [2.75, 3.05) is 19.0 Å². The Morgan fingerprint density at radius 2 is 1.78 bits per heavy atom. The van der Waals surface area contributed by atoms with Crippen LogP contribution in [0.25, 0.3) is 0 Å². The lowest BCUT2D eigenvalue weighted by molar-refractivity contribution is -0.0172. The first kappa shape index (κ1) is 18.0. The summed E-state index contributed by atoms with van der Waals surface area (Å²) in [5.74, 6) is 0.643. The minimum atomic E-state index is -0.313. The number of aromatic nitrogens is 1. The Morgan fingerprint density at radius 3 is 2.26 bits per heavy atom. The lowest BCUT2D eigenvalue weighted by atomic mass is 9.77. The van der Waals surface area contributed by atoms with Crippen LogP contribution in [0.5, 0.6) is 0 Å². The molecule has 1 aromatic heterocycles. The number of pyridine rings is 1. The topological polar surface area (TPSA) is 62.5 Å². The summed E-state index contributed by atoms with van der Waals surface area (Å²) in [6.07, 6.45) is 1.56. The Hall–Kier alpha value is -1.33. The van der Waals surface area contributed by atoms with Crippen LogP contribution in [0.3, 0.4) is 0 Å². The number of piperidine rings is 1. The van der Waals surface area contributed by atoms with Crippen molar-refractivity contribution in [2.45, 2.75) is 57.7 Å². The van der Waals surface area contributed by atoms with Crippen molar-refractivity contribution in [1.82, 2.24) is 9.88 Å². The first-order valence-electron chi connectivity index (χ1n) is 7.89.